The lowest BCUT2D eigenvalue weighted by Crippen LogP contribution is -2.09. The Bertz CT molecular complexity index is 632. The molecule has 2 aromatic carbocycles. The first kappa shape index (κ1) is 15.1. The number of anilines is 1. The number of rotatable bonds is 3. The lowest BCUT2D eigenvalue weighted by molar-refractivity contribution is 0.870. The summed E-state index contributed by atoms with van der Waals surface area (Å²) in [7, 11) is 0. The maximum absolute atomic E-state index is 3.59. The van der Waals surface area contributed by atoms with Gasteiger partial charge in [0.25, 0.3) is 0 Å². The van der Waals surface area contributed by atoms with Crippen molar-refractivity contribution in [2.24, 2.45) is 0 Å². The van der Waals surface area contributed by atoms with Gasteiger partial charge in [0.2, 0.25) is 0 Å². The second-order valence-corrected chi connectivity index (χ2v) is 6.48. The second kappa shape index (κ2) is 6.01. The van der Waals surface area contributed by atoms with E-state index in [9.17, 15) is 0 Å². The van der Waals surface area contributed by atoms with Gasteiger partial charge >= 0.3 is 0 Å². The van der Waals surface area contributed by atoms with Crippen molar-refractivity contribution in [3.05, 3.63) is 62.6 Å². The van der Waals surface area contributed by atoms with E-state index in [2.05, 4.69) is 86.2 Å². The molecule has 0 aromatic heterocycles. The van der Waals surface area contributed by atoms with E-state index in [0.717, 1.165) is 10.2 Å². The van der Waals surface area contributed by atoms with E-state index < -0.39 is 0 Å². The second-order valence-electron chi connectivity index (χ2n) is 5.62. The standard InChI is InChI=1S/C18H22BrN/c1-11-6-7-16(10-18(11)19)20-15(5)17-9-13(3)12(2)8-14(17)4/h6-10,15,20H,1-5H3. The summed E-state index contributed by atoms with van der Waals surface area (Å²) < 4.78 is 1.14. The van der Waals surface area contributed by atoms with Gasteiger partial charge in [0.05, 0.1) is 0 Å². The summed E-state index contributed by atoms with van der Waals surface area (Å²) in [6.45, 7) is 10.8. The van der Waals surface area contributed by atoms with E-state index in [1.54, 1.807) is 0 Å². The summed E-state index contributed by atoms with van der Waals surface area (Å²) in [5.41, 5.74) is 7.82. The average Bonchev–Trinajstić information content (AvgIpc) is 2.38. The number of hydrogen-bond acceptors (Lipinski definition) is 1. The quantitative estimate of drug-likeness (QED) is 0.743. The van der Waals surface area contributed by atoms with Gasteiger partial charge in [-0.3, -0.25) is 0 Å². The Labute approximate surface area is 130 Å². The molecule has 0 aliphatic rings. The highest BCUT2D eigenvalue weighted by atomic mass is 79.9. The lowest BCUT2D eigenvalue weighted by Gasteiger charge is -2.20. The van der Waals surface area contributed by atoms with Crippen LogP contribution < -0.4 is 5.32 Å². The molecule has 0 amide bonds. The molecule has 0 radical (unpaired) electrons. The fourth-order valence-corrected chi connectivity index (χ4v) is 2.84. The molecule has 0 fully saturated rings. The van der Waals surface area contributed by atoms with Crippen molar-refractivity contribution >= 4 is 21.6 Å². The van der Waals surface area contributed by atoms with Crippen LogP contribution in [0.5, 0.6) is 0 Å². The van der Waals surface area contributed by atoms with Crippen LogP contribution in [0.1, 0.15) is 40.8 Å². The van der Waals surface area contributed by atoms with E-state index in [1.165, 1.54) is 27.8 Å². The molecule has 20 heavy (non-hydrogen) atoms. The van der Waals surface area contributed by atoms with Gasteiger partial charge in [-0.1, -0.05) is 34.1 Å². The number of aryl methyl sites for hydroxylation is 4. The molecule has 1 N–H and O–H groups in total. The van der Waals surface area contributed by atoms with Crippen molar-refractivity contribution in [3.63, 3.8) is 0 Å². The molecule has 0 saturated heterocycles. The van der Waals surface area contributed by atoms with Gasteiger partial charge in [-0.15, -0.1) is 0 Å². The van der Waals surface area contributed by atoms with Crippen LogP contribution in [0, 0.1) is 27.7 Å². The molecule has 2 heteroatoms. The molecule has 0 aliphatic heterocycles. The molecule has 106 valence electrons. The molecule has 0 heterocycles. The highest BCUT2D eigenvalue weighted by Crippen LogP contribution is 2.27. The minimum absolute atomic E-state index is 0.295. The number of hydrogen-bond donors (Lipinski definition) is 1. The Kier molecular flexibility index (Phi) is 4.54. The van der Waals surface area contributed by atoms with Crippen molar-refractivity contribution in [2.45, 2.75) is 40.7 Å². The zero-order chi connectivity index (χ0) is 14.9. The molecular formula is C18H22BrN. The predicted octanol–water partition coefficient (Wildman–Crippen LogP) is 5.86. The largest absolute Gasteiger partial charge is 0.378 e. The SMILES string of the molecule is Cc1cc(C)c(C(C)Nc2ccc(C)c(Br)c2)cc1C. The highest BCUT2D eigenvalue weighted by molar-refractivity contribution is 9.10. The maximum Gasteiger partial charge on any atom is 0.0488 e. The number of halogens is 1. The normalized spacial score (nSPS) is 12.3. The van der Waals surface area contributed by atoms with Gasteiger partial charge in [-0.25, -0.2) is 0 Å². The summed E-state index contributed by atoms with van der Waals surface area (Å²) in [4.78, 5) is 0. The Hall–Kier alpha value is -1.28. The Morgan fingerprint density at radius 3 is 2.15 bits per heavy atom. The third-order valence-corrected chi connectivity index (χ3v) is 4.76. The molecule has 2 rings (SSSR count). The van der Waals surface area contributed by atoms with Crippen molar-refractivity contribution < 1.29 is 0 Å². The van der Waals surface area contributed by atoms with E-state index >= 15 is 0 Å². The minimum Gasteiger partial charge on any atom is -0.378 e. The molecule has 2 aromatic rings. The fourth-order valence-electron chi connectivity index (χ4n) is 2.46. The van der Waals surface area contributed by atoms with Crippen molar-refractivity contribution in [1.82, 2.24) is 0 Å². The van der Waals surface area contributed by atoms with Gasteiger partial charge in [0.15, 0.2) is 0 Å². The topological polar surface area (TPSA) is 12.0 Å². The third kappa shape index (κ3) is 3.24. The van der Waals surface area contributed by atoms with Gasteiger partial charge in [-0.2, -0.15) is 0 Å². The fraction of sp³-hybridized carbons (Fsp3) is 0.333. The van der Waals surface area contributed by atoms with Crippen molar-refractivity contribution in [2.75, 3.05) is 5.32 Å². The van der Waals surface area contributed by atoms with E-state index in [-0.39, 0.29) is 0 Å². The smallest absolute Gasteiger partial charge is 0.0488 e. The van der Waals surface area contributed by atoms with Gasteiger partial charge in [0, 0.05) is 16.2 Å². The third-order valence-electron chi connectivity index (χ3n) is 3.90. The highest BCUT2D eigenvalue weighted by Gasteiger charge is 2.10. The van der Waals surface area contributed by atoms with Crippen LogP contribution in [0.3, 0.4) is 0 Å². The molecule has 1 atom stereocenters. The molecule has 0 saturated carbocycles. The van der Waals surface area contributed by atoms with Crippen LogP contribution in [0.4, 0.5) is 5.69 Å². The van der Waals surface area contributed by atoms with Crippen molar-refractivity contribution in [3.8, 4) is 0 Å². The Balaban J connectivity index is 2.25. The van der Waals surface area contributed by atoms with Crippen LogP contribution in [0.15, 0.2) is 34.8 Å². The first-order valence-corrected chi connectivity index (χ1v) is 7.78. The van der Waals surface area contributed by atoms with E-state index in [0.29, 0.717) is 6.04 Å². The van der Waals surface area contributed by atoms with Gasteiger partial charge in [-0.05, 0) is 74.6 Å². The molecule has 0 bridgehead atoms. The first-order chi connectivity index (χ1) is 9.38. The summed E-state index contributed by atoms with van der Waals surface area (Å²) >= 11 is 3.59. The average molecular weight is 332 g/mol. The molecule has 1 unspecified atom stereocenters. The first-order valence-electron chi connectivity index (χ1n) is 6.99. The van der Waals surface area contributed by atoms with Crippen LogP contribution in [0.2, 0.25) is 0 Å². The van der Waals surface area contributed by atoms with Crippen LogP contribution in [-0.2, 0) is 0 Å². The van der Waals surface area contributed by atoms with Crippen LogP contribution in [-0.4, -0.2) is 0 Å². The van der Waals surface area contributed by atoms with Gasteiger partial charge in [0.1, 0.15) is 0 Å². The van der Waals surface area contributed by atoms with E-state index in [1.807, 2.05) is 0 Å². The lowest BCUT2D eigenvalue weighted by atomic mass is 9.96. The molecule has 0 aliphatic carbocycles. The summed E-state index contributed by atoms with van der Waals surface area (Å²) in [5.74, 6) is 0. The molecular weight excluding hydrogens is 310 g/mol. The van der Waals surface area contributed by atoms with Crippen LogP contribution >= 0.6 is 15.9 Å². The monoisotopic (exact) mass is 331 g/mol. The molecule has 0 spiro atoms. The van der Waals surface area contributed by atoms with E-state index in [4.69, 9.17) is 0 Å². The maximum atomic E-state index is 3.59. The van der Waals surface area contributed by atoms with Crippen LogP contribution in [0.25, 0.3) is 0 Å². The summed E-state index contributed by atoms with van der Waals surface area (Å²) in [5, 5.41) is 3.58. The number of nitrogens with one attached hydrogen (secondary N) is 1. The van der Waals surface area contributed by atoms with Crippen molar-refractivity contribution in [1.29, 1.82) is 0 Å². The zero-order valence-corrected chi connectivity index (χ0v) is 14.4. The summed E-state index contributed by atoms with van der Waals surface area (Å²) in [6.07, 6.45) is 0. The molecule has 1 nitrogen and oxygen atoms in total. The number of benzene rings is 2. The zero-order valence-electron chi connectivity index (χ0n) is 12.8. The predicted molar refractivity (Wildman–Crippen MR) is 91.6 cm³/mol. The Morgan fingerprint density at radius 2 is 1.50 bits per heavy atom. The Morgan fingerprint density at radius 1 is 0.850 bits per heavy atom. The summed E-state index contributed by atoms with van der Waals surface area (Å²) in [6, 6.07) is 11.3. The minimum atomic E-state index is 0.295. The van der Waals surface area contributed by atoms with Gasteiger partial charge < -0.3 is 5.32 Å².